The van der Waals surface area contributed by atoms with Crippen LogP contribution in [0.15, 0.2) is 30.5 Å². The number of aromatic nitrogens is 1. The van der Waals surface area contributed by atoms with E-state index in [9.17, 15) is 9.18 Å². The molecule has 0 aliphatic rings. The summed E-state index contributed by atoms with van der Waals surface area (Å²) in [5, 5.41) is 2.55. The van der Waals surface area contributed by atoms with Crippen molar-refractivity contribution in [2.24, 2.45) is 0 Å². The minimum atomic E-state index is -0.682. The van der Waals surface area contributed by atoms with Gasteiger partial charge in [0.05, 0.1) is 22.5 Å². The fourth-order valence-corrected chi connectivity index (χ4v) is 1.86. The Bertz CT molecular complexity index is 626. The molecule has 3 N–H and O–H groups in total. The van der Waals surface area contributed by atoms with Gasteiger partial charge < -0.3 is 11.1 Å². The first-order valence-electron chi connectivity index (χ1n) is 5.46. The van der Waals surface area contributed by atoms with Gasteiger partial charge >= 0.3 is 0 Å². The average Bonchev–Trinajstić information content (AvgIpc) is 2.32. The maximum atomic E-state index is 13.6. The number of hydrogen-bond donors (Lipinski definition) is 2. The molecule has 19 heavy (non-hydrogen) atoms. The van der Waals surface area contributed by atoms with E-state index in [0.717, 1.165) is 0 Å². The summed E-state index contributed by atoms with van der Waals surface area (Å²) in [6, 6.07) is 5.71. The van der Waals surface area contributed by atoms with E-state index in [0.29, 0.717) is 17.1 Å². The van der Waals surface area contributed by atoms with Crippen molar-refractivity contribution in [3.63, 3.8) is 0 Å². The van der Waals surface area contributed by atoms with Crippen LogP contribution in [0.1, 0.15) is 15.9 Å². The van der Waals surface area contributed by atoms with Crippen LogP contribution in [0.25, 0.3) is 0 Å². The largest absolute Gasteiger partial charge is 0.397 e. The summed E-state index contributed by atoms with van der Waals surface area (Å²) in [5.41, 5.74) is 6.52. The second-order valence-electron chi connectivity index (χ2n) is 3.98. The highest BCUT2D eigenvalue weighted by Gasteiger charge is 2.16. The molecule has 0 unspecified atom stereocenters. The Labute approximate surface area is 114 Å². The molecular weight excluding hydrogens is 269 g/mol. The molecule has 1 aromatic heterocycles. The Balaban J connectivity index is 2.31. The number of nitrogens with one attached hydrogen (secondary N) is 1. The van der Waals surface area contributed by atoms with Crippen molar-refractivity contribution >= 4 is 29.0 Å². The lowest BCUT2D eigenvalue weighted by Gasteiger charge is -2.09. The van der Waals surface area contributed by atoms with Crippen LogP contribution in [0, 0.1) is 12.7 Å². The van der Waals surface area contributed by atoms with Gasteiger partial charge in [-0.3, -0.25) is 4.79 Å². The van der Waals surface area contributed by atoms with Crippen molar-refractivity contribution in [2.45, 2.75) is 6.92 Å². The third-order valence-corrected chi connectivity index (χ3v) is 2.84. The molecule has 0 saturated carbocycles. The molecule has 0 fully saturated rings. The molecule has 4 nitrogen and oxygen atoms in total. The Morgan fingerprint density at radius 2 is 2.21 bits per heavy atom. The Hall–Kier alpha value is -2.14. The highest BCUT2D eigenvalue weighted by atomic mass is 35.5. The van der Waals surface area contributed by atoms with E-state index in [1.54, 1.807) is 13.0 Å². The van der Waals surface area contributed by atoms with Crippen molar-refractivity contribution in [1.82, 2.24) is 4.98 Å². The zero-order chi connectivity index (χ0) is 14.0. The third-order valence-electron chi connectivity index (χ3n) is 2.52. The normalized spacial score (nSPS) is 10.3. The quantitative estimate of drug-likeness (QED) is 0.888. The summed E-state index contributed by atoms with van der Waals surface area (Å²) >= 11 is 5.81. The molecule has 1 aromatic carbocycles. The van der Waals surface area contributed by atoms with E-state index >= 15 is 0 Å². The number of rotatable bonds is 2. The Kier molecular flexibility index (Phi) is 3.66. The molecule has 0 radical (unpaired) electrons. The molecule has 0 bridgehead atoms. The van der Waals surface area contributed by atoms with Crippen LogP contribution < -0.4 is 11.1 Å². The molecule has 98 valence electrons. The molecule has 0 aliphatic carbocycles. The van der Waals surface area contributed by atoms with Gasteiger partial charge in [0.15, 0.2) is 0 Å². The van der Waals surface area contributed by atoms with Crippen LogP contribution in [0.3, 0.4) is 0 Å². The number of aryl methyl sites for hydroxylation is 1. The molecule has 1 heterocycles. The van der Waals surface area contributed by atoms with E-state index < -0.39 is 11.7 Å². The monoisotopic (exact) mass is 279 g/mol. The van der Waals surface area contributed by atoms with Gasteiger partial charge in [-0.1, -0.05) is 17.7 Å². The van der Waals surface area contributed by atoms with Gasteiger partial charge in [-0.2, -0.15) is 0 Å². The van der Waals surface area contributed by atoms with Crippen molar-refractivity contribution in [1.29, 1.82) is 0 Å². The van der Waals surface area contributed by atoms with Crippen LogP contribution in [0.2, 0.25) is 5.02 Å². The van der Waals surface area contributed by atoms with Gasteiger partial charge in [-0.05, 0) is 30.7 Å². The van der Waals surface area contributed by atoms with Crippen LogP contribution in [-0.4, -0.2) is 10.9 Å². The minimum Gasteiger partial charge on any atom is -0.397 e. The number of halogens is 2. The molecule has 0 aliphatic heterocycles. The number of benzene rings is 1. The lowest BCUT2D eigenvalue weighted by molar-refractivity contribution is 0.102. The number of pyridine rings is 1. The lowest BCUT2D eigenvalue weighted by atomic mass is 10.2. The number of carbonyl (C=O) groups excluding carboxylic acids is 1. The van der Waals surface area contributed by atoms with E-state index in [2.05, 4.69) is 10.3 Å². The summed E-state index contributed by atoms with van der Waals surface area (Å²) in [7, 11) is 0. The van der Waals surface area contributed by atoms with Gasteiger partial charge in [0.1, 0.15) is 11.6 Å². The maximum absolute atomic E-state index is 13.6. The van der Waals surface area contributed by atoms with Crippen molar-refractivity contribution in [3.8, 4) is 0 Å². The van der Waals surface area contributed by atoms with Crippen LogP contribution in [0.4, 0.5) is 15.9 Å². The summed E-state index contributed by atoms with van der Waals surface area (Å²) in [5.74, 6) is -1.01. The number of hydrogen-bond acceptors (Lipinski definition) is 3. The lowest BCUT2D eigenvalue weighted by Crippen LogP contribution is -2.16. The molecule has 2 aromatic rings. The van der Waals surface area contributed by atoms with Crippen molar-refractivity contribution in [3.05, 3.63) is 52.4 Å². The molecule has 0 spiro atoms. The smallest absolute Gasteiger partial charge is 0.261 e. The van der Waals surface area contributed by atoms with E-state index in [-0.39, 0.29) is 10.6 Å². The molecule has 1 amide bonds. The number of nitrogen functional groups attached to an aromatic ring is 1. The van der Waals surface area contributed by atoms with Gasteiger partial charge in [-0.25, -0.2) is 9.37 Å². The highest BCUT2D eigenvalue weighted by molar-refractivity contribution is 6.34. The highest BCUT2D eigenvalue weighted by Crippen LogP contribution is 2.21. The Morgan fingerprint density at radius 1 is 1.47 bits per heavy atom. The first-order chi connectivity index (χ1) is 8.99. The van der Waals surface area contributed by atoms with Crippen LogP contribution in [-0.2, 0) is 0 Å². The number of carbonyl (C=O) groups is 1. The molecule has 0 saturated heterocycles. The zero-order valence-electron chi connectivity index (χ0n) is 10.1. The first-order valence-corrected chi connectivity index (χ1v) is 5.84. The van der Waals surface area contributed by atoms with Gasteiger partial charge in [0.2, 0.25) is 0 Å². The average molecular weight is 280 g/mol. The van der Waals surface area contributed by atoms with Crippen LogP contribution >= 0.6 is 11.6 Å². The number of anilines is 2. The van der Waals surface area contributed by atoms with Crippen molar-refractivity contribution in [2.75, 3.05) is 11.1 Å². The molecular formula is C13H11ClFN3O. The SMILES string of the molecule is Cc1cc(N)cnc1NC(=O)c1c(F)cccc1Cl. The predicted octanol–water partition coefficient (Wildman–Crippen LogP) is 3.02. The summed E-state index contributed by atoms with van der Waals surface area (Å²) in [6.45, 7) is 1.74. The second-order valence-corrected chi connectivity index (χ2v) is 4.39. The number of amides is 1. The summed E-state index contributed by atoms with van der Waals surface area (Å²) < 4.78 is 13.6. The van der Waals surface area contributed by atoms with Crippen LogP contribution in [0.5, 0.6) is 0 Å². The maximum Gasteiger partial charge on any atom is 0.261 e. The van der Waals surface area contributed by atoms with E-state index in [1.165, 1.54) is 24.4 Å². The van der Waals surface area contributed by atoms with E-state index in [4.69, 9.17) is 17.3 Å². The third kappa shape index (κ3) is 2.82. The molecule has 0 atom stereocenters. The fourth-order valence-electron chi connectivity index (χ4n) is 1.61. The Morgan fingerprint density at radius 3 is 2.84 bits per heavy atom. The zero-order valence-corrected chi connectivity index (χ0v) is 10.8. The fraction of sp³-hybridized carbons (Fsp3) is 0.0769. The van der Waals surface area contributed by atoms with Gasteiger partial charge in [0.25, 0.3) is 5.91 Å². The number of nitrogens with two attached hydrogens (primary N) is 1. The second kappa shape index (κ2) is 5.24. The van der Waals surface area contributed by atoms with Crippen molar-refractivity contribution < 1.29 is 9.18 Å². The predicted molar refractivity (Wildman–Crippen MR) is 72.7 cm³/mol. The topological polar surface area (TPSA) is 68.0 Å². The summed E-state index contributed by atoms with van der Waals surface area (Å²) in [4.78, 5) is 16.0. The standard InChI is InChI=1S/C13H11ClFN3O/c1-7-5-8(16)6-17-12(7)18-13(19)11-9(14)3-2-4-10(11)15/h2-6H,16H2,1H3,(H,17,18,19). The minimum absolute atomic E-state index is 0.0469. The van der Waals surface area contributed by atoms with Gasteiger partial charge in [-0.15, -0.1) is 0 Å². The number of nitrogens with zero attached hydrogens (tertiary/aromatic N) is 1. The van der Waals surface area contributed by atoms with Gasteiger partial charge in [0, 0.05) is 0 Å². The summed E-state index contributed by atoms with van der Waals surface area (Å²) in [6.07, 6.45) is 1.41. The van der Waals surface area contributed by atoms with E-state index in [1.807, 2.05) is 0 Å². The molecule has 2 rings (SSSR count). The molecule has 6 heteroatoms. The first kappa shape index (κ1) is 13.3.